The second-order valence-electron chi connectivity index (χ2n) is 11.9. The van der Waals surface area contributed by atoms with E-state index in [1.807, 2.05) is 18.6 Å². The van der Waals surface area contributed by atoms with Crippen LogP contribution in [0, 0.1) is 17.2 Å². The molecule has 0 spiro atoms. The summed E-state index contributed by atoms with van der Waals surface area (Å²) in [4.78, 5) is 41.0. The lowest BCUT2D eigenvalue weighted by Gasteiger charge is -2.51. The number of hydrogen-bond donors (Lipinski definition) is 3. The molecule has 0 unspecified atom stereocenters. The monoisotopic (exact) mass is 643 g/mol. The predicted molar refractivity (Wildman–Crippen MR) is 164 cm³/mol. The molecule has 0 aliphatic carbocycles. The Hall–Kier alpha value is -3.80. The molecule has 44 heavy (non-hydrogen) atoms. The highest BCUT2D eigenvalue weighted by Gasteiger charge is 2.50. The van der Waals surface area contributed by atoms with Crippen LogP contribution in [-0.4, -0.2) is 55.3 Å². The molecule has 0 bridgehead atoms. The van der Waals surface area contributed by atoms with Gasteiger partial charge in [-0.2, -0.15) is 0 Å². The normalized spacial score (nSPS) is 18.9. The highest BCUT2D eigenvalue weighted by molar-refractivity contribution is 7.90. The third-order valence-corrected chi connectivity index (χ3v) is 9.60. The topological polar surface area (TPSA) is 133 Å². The molecule has 0 radical (unpaired) electrons. The minimum atomic E-state index is -4.37. The molecule has 3 aromatic carbocycles. The van der Waals surface area contributed by atoms with Gasteiger partial charge in [0.2, 0.25) is 5.91 Å². The third-order valence-electron chi connectivity index (χ3n) is 8.02. The number of piperidine rings is 1. The molecule has 1 fully saturated rings. The van der Waals surface area contributed by atoms with E-state index in [1.165, 1.54) is 30.3 Å². The number of benzene rings is 3. The van der Waals surface area contributed by atoms with Crippen LogP contribution in [0.4, 0.5) is 4.39 Å². The Kier molecular flexibility index (Phi) is 9.53. The van der Waals surface area contributed by atoms with Crippen LogP contribution in [0.1, 0.15) is 60.4 Å². The van der Waals surface area contributed by atoms with Gasteiger partial charge in [-0.05, 0) is 66.4 Å². The van der Waals surface area contributed by atoms with E-state index in [1.54, 1.807) is 43.0 Å². The molecule has 1 saturated heterocycles. The molecule has 1 aliphatic rings. The molecule has 4 rings (SSSR count). The molecule has 3 amide bonds. The van der Waals surface area contributed by atoms with E-state index in [-0.39, 0.29) is 42.5 Å². The average molecular weight is 644 g/mol. The van der Waals surface area contributed by atoms with Crippen LogP contribution in [0.3, 0.4) is 0 Å². The lowest BCUT2D eigenvalue weighted by atomic mass is 9.66. The molecule has 12 heteroatoms. The van der Waals surface area contributed by atoms with Crippen molar-refractivity contribution in [2.45, 2.75) is 50.7 Å². The lowest BCUT2D eigenvalue weighted by Crippen LogP contribution is -2.60. The zero-order chi connectivity index (χ0) is 32.4. The summed E-state index contributed by atoms with van der Waals surface area (Å²) >= 11 is 6.03. The smallest absolute Gasteiger partial charge is 0.265 e. The van der Waals surface area contributed by atoms with E-state index in [4.69, 9.17) is 11.6 Å². The van der Waals surface area contributed by atoms with E-state index in [0.29, 0.717) is 10.6 Å². The minimum absolute atomic E-state index is 0.0374. The van der Waals surface area contributed by atoms with Gasteiger partial charge in [-0.25, -0.2) is 17.5 Å². The number of likely N-dealkylation sites (tertiary alicyclic amines) is 1. The Morgan fingerprint density at radius 1 is 0.955 bits per heavy atom. The Balaban J connectivity index is 1.47. The summed E-state index contributed by atoms with van der Waals surface area (Å²) in [5.74, 6) is -3.03. The Bertz CT molecular complexity index is 1680. The van der Waals surface area contributed by atoms with Crippen molar-refractivity contribution in [3.63, 3.8) is 0 Å². The number of nitrogens with one attached hydrogen (secondary N) is 2. The fourth-order valence-electron chi connectivity index (χ4n) is 5.38. The molecule has 3 aromatic rings. The van der Waals surface area contributed by atoms with Crippen LogP contribution in [0.5, 0.6) is 0 Å². The fraction of sp³-hybridized carbons (Fsp3) is 0.344. The first-order chi connectivity index (χ1) is 20.5. The van der Waals surface area contributed by atoms with Crippen LogP contribution in [0.15, 0.2) is 77.7 Å². The molecule has 0 aromatic heterocycles. The van der Waals surface area contributed by atoms with Crippen LogP contribution in [0.2, 0.25) is 5.02 Å². The maximum Gasteiger partial charge on any atom is 0.265 e. The maximum atomic E-state index is 13.7. The summed E-state index contributed by atoms with van der Waals surface area (Å²) in [6, 6.07) is 15.7. The number of carbonyl (C=O) groups is 3. The molecule has 3 N–H and O–H groups in total. The minimum Gasteiger partial charge on any atom is -0.384 e. The van der Waals surface area contributed by atoms with Crippen LogP contribution < -0.4 is 10.0 Å². The van der Waals surface area contributed by atoms with Gasteiger partial charge in [0.25, 0.3) is 21.8 Å². The van der Waals surface area contributed by atoms with Crippen molar-refractivity contribution < 1.29 is 32.3 Å². The molecule has 1 aliphatic heterocycles. The van der Waals surface area contributed by atoms with Crippen molar-refractivity contribution >= 4 is 39.3 Å². The van der Waals surface area contributed by atoms with Crippen LogP contribution in [0.25, 0.3) is 0 Å². The van der Waals surface area contributed by atoms with E-state index in [9.17, 15) is 32.3 Å². The number of amides is 3. The summed E-state index contributed by atoms with van der Waals surface area (Å²) < 4.78 is 40.5. The first-order valence-corrected chi connectivity index (χ1v) is 15.9. The molecule has 9 nitrogen and oxygen atoms in total. The summed E-state index contributed by atoms with van der Waals surface area (Å²) in [6.07, 6.45) is 0.280. The molecule has 2 atom stereocenters. The summed E-state index contributed by atoms with van der Waals surface area (Å²) in [6.45, 7) is 7.85. The van der Waals surface area contributed by atoms with Crippen molar-refractivity contribution in [3.05, 3.63) is 100 Å². The van der Waals surface area contributed by atoms with Crippen molar-refractivity contribution in [3.8, 4) is 0 Å². The number of aliphatic hydroxyl groups is 1. The van der Waals surface area contributed by atoms with Crippen molar-refractivity contribution in [1.82, 2.24) is 14.9 Å². The van der Waals surface area contributed by atoms with Gasteiger partial charge < -0.3 is 15.3 Å². The van der Waals surface area contributed by atoms with Crippen molar-refractivity contribution in [1.29, 1.82) is 0 Å². The number of rotatable bonds is 8. The number of carbonyl (C=O) groups excluding carboxylic acids is 3. The summed E-state index contributed by atoms with van der Waals surface area (Å²) in [5.41, 5.74) is -1.30. The Morgan fingerprint density at radius 3 is 2.16 bits per heavy atom. The van der Waals surface area contributed by atoms with Crippen LogP contribution in [-0.2, 0) is 20.4 Å². The summed E-state index contributed by atoms with van der Waals surface area (Å²) in [7, 11) is -4.37. The van der Waals surface area contributed by atoms with Gasteiger partial charge in [0, 0.05) is 34.7 Å². The molecular formula is C32H35ClFN3O6S. The third kappa shape index (κ3) is 6.95. The Morgan fingerprint density at radius 2 is 1.57 bits per heavy atom. The number of halogens is 2. The van der Waals surface area contributed by atoms with Crippen molar-refractivity contribution in [2.75, 3.05) is 13.1 Å². The van der Waals surface area contributed by atoms with E-state index < -0.39 is 49.6 Å². The molecular weight excluding hydrogens is 609 g/mol. The SMILES string of the molecule is CC(C)[C@@H](NC(=O)c1cccc(C(=O)NS(=O)(=O)c2cccc(F)c2)c1)C(=O)N1CC[C@](O)(c2ccc(Cl)cc2)C(C)(C)C1. The zero-order valence-corrected chi connectivity index (χ0v) is 26.4. The number of hydrogen-bond acceptors (Lipinski definition) is 6. The summed E-state index contributed by atoms with van der Waals surface area (Å²) in [5, 5.41) is 15.0. The number of sulfonamides is 1. The number of nitrogens with zero attached hydrogens (tertiary/aromatic N) is 1. The fourth-order valence-corrected chi connectivity index (χ4v) is 6.51. The van der Waals surface area contributed by atoms with Gasteiger partial charge in [-0.15, -0.1) is 0 Å². The van der Waals surface area contributed by atoms with Gasteiger partial charge in [0.1, 0.15) is 11.9 Å². The first-order valence-electron chi connectivity index (χ1n) is 14.0. The van der Waals surface area contributed by atoms with Gasteiger partial charge >= 0.3 is 0 Å². The second kappa shape index (κ2) is 12.7. The van der Waals surface area contributed by atoms with Gasteiger partial charge in [-0.1, -0.05) is 63.6 Å². The highest BCUT2D eigenvalue weighted by atomic mass is 35.5. The Labute approximate surface area is 261 Å². The first kappa shape index (κ1) is 33.1. The van der Waals surface area contributed by atoms with Gasteiger partial charge in [0.05, 0.1) is 10.5 Å². The maximum absolute atomic E-state index is 13.7. The quantitative estimate of drug-likeness (QED) is 0.331. The van der Waals surface area contributed by atoms with Gasteiger partial charge in [0.15, 0.2) is 0 Å². The average Bonchev–Trinajstić information content (AvgIpc) is 2.96. The van der Waals surface area contributed by atoms with E-state index >= 15 is 0 Å². The van der Waals surface area contributed by atoms with E-state index in [2.05, 4.69) is 5.32 Å². The molecule has 0 saturated carbocycles. The zero-order valence-electron chi connectivity index (χ0n) is 24.8. The standard InChI is InChI=1S/C32H35ClFN3O6S/c1-20(2)27(30(40)37-16-15-32(41,31(3,4)19-37)23-11-13-24(33)14-12-23)35-28(38)21-7-5-8-22(17-21)29(39)36-44(42,43)26-10-6-9-25(34)18-26/h5-14,17-18,20,27,41H,15-16,19H2,1-4H3,(H,35,38)(H,36,39)/t27-,32+/m1/s1. The highest BCUT2D eigenvalue weighted by Crippen LogP contribution is 2.46. The van der Waals surface area contributed by atoms with Gasteiger partial charge in [-0.3, -0.25) is 14.4 Å². The lowest BCUT2D eigenvalue weighted by molar-refractivity contribution is -0.155. The van der Waals surface area contributed by atoms with E-state index in [0.717, 1.165) is 18.2 Å². The van der Waals surface area contributed by atoms with Crippen LogP contribution >= 0.6 is 11.6 Å². The predicted octanol–water partition coefficient (Wildman–Crippen LogP) is 4.50. The molecule has 1 heterocycles. The second-order valence-corrected chi connectivity index (χ2v) is 14.0. The van der Waals surface area contributed by atoms with Crippen molar-refractivity contribution in [2.24, 2.45) is 11.3 Å². The molecule has 234 valence electrons. The largest absolute Gasteiger partial charge is 0.384 e.